The number of hydrogen-bond donors (Lipinski definition) is 0. The molecule has 0 amide bonds. The van der Waals surface area contributed by atoms with E-state index in [4.69, 9.17) is 0 Å². The maximum atomic E-state index is 9.67. The minimum absolute atomic E-state index is 1.11. The average Bonchev–Trinajstić information content (AvgIpc) is 2.49. The first-order chi connectivity index (χ1) is 9.93. The topological polar surface area (TPSA) is 0 Å². The number of allylic oxidation sites excluding steroid dienone is 4. The van der Waals surface area contributed by atoms with Gasteiger partial charge in [0, 0.05) is 0 Å². The zero-order valence-electron chi connectivity index (χ0n) is 16.0. The van der Waals surface area contributed by atoms with Gasteiger partial charge in [-0.1, -0.05) is 78.7 Å². The van der Waals surface area contributed by atoms with E-state index in [0.717, 1.165) is 6.42 Å². The van der Waals surface area contributed by atoms with Crippen LogP contribution in [0.5, 0.6) is 0 Å². The van der Waals surface area contributed by atoms with Gasteiger partial charge >= 0.3 is 6.68 Å². The zero-order chi connectivity index (χ0) is 18.3. The van der Waals surface area contributed by atoms with Gasteiger partial charge in [-0.25, -0.2) is 0 Å². The van der Waals surface area contributed by atoms with E-state index >= 15 is 0 Å². The van der Waals surface area contributed by atoms with E-state index in [1.54, 1.807) is 5.57 Å². The third-order valence-corrected chi connectivity index (χ3v) is 1.84. The molecule has 0 spiro atoms. The van der Waals surface area contributed by atoms with Gasteiger partial charge in [0.1, 0.15) is 0 Å². The Labute approximate surface area is 132 Å². The van der Waals surface area contributed by atoms with Crippen LogP contribution in [0.25, 0.3) is 0 Å². The summed E-state index contributed by atoms with van der Waals surface area (Å²) < 4.78 is 29.0. The fourth-order valence-electron chi connectivity index (χ4n) is 1.000. The summed E-state index contributed by atoms with van der Waals surface area (Å²) in [6.45, 7) is 17.1. The highest BCUT2D eigenvalue weighted by atomic mass is 19.4. The van der Waals surface area contributed by atoms with Gasteiger partial charge in [-0.2, -0.15) is 13.2 Å². The Hall–Kier alpha value is -0.730. The fourth-order valence-corrected chi connectivity index (χ4v) is 1.000. The van der Waals surface area contributed by atoms with Crippen molar-refractivity contribution < 1.29 is 13.2 Å². The van der Waals surface area contributed by atoms with E-state index in [-0.39, 0.29) is 0 Å². The number of halogens is 3. The number of rotatable bonds is 4. The van der Waals surface area contributed by atoms with Gasteiger partial charge in [0.25, 0.3) is 0 Å². The Bertz CT molecular complexity index is 182. The van der Waals surface area contributed by atoms with Crippen molar-refractivity contribution in [3.8, 4) is 0 Å². The molecule has 0 N–H and O–H groups in total. The van der Waals surface area contributed by atoms with Crippen LogP contribution in [0.15, 0.2) is 23.3 Å². The van der Waals surface area contributed by atoms with Crippen LogP contribution in [0.3, 0.4) is 0 Å². The minimum Gasteiger partial charge on any atom is -0.174 e. The molecule has 0 saturated heterocycles. The number of alkyl halides is 3. The lowest BCUT2D eigenvalue weighted by Gasteiger charge is -1.97. The van der Waals surface area contributed by atoms with E-state index in [9.17, 15) is 13.2 Å². The van der Waals surface area contributed by atoms with Crippen molar-refractivity contribution in [1.82, 2.24) is 0 Å². The highest BCUT2D eigenvalue weighted by Gasteiger charge is 1.87. The van der Waals surface area contributed by atoms with Crippen molar-refractivity contribution in [3.63, 3.8) is 0 Å². The molecule has 132 valence electrons. The molecule has 0 radical (unpaired) electrons. The van der Waals surface area contributed by atoms with E-state index < -0.39 is 6.68 Å². The van der Waals surface area contributed by atoms with Crippen molar-refractivity contribution in [1.29, 1.82) is 0 Å². The molecule has 0 bridgehead atoms. The molecule has 0 aliphatic rings. The van der Waals surface area contributed by atoms with Crippen molar-refractivity contribution in [2.75, 3.05) is 0 Å². The SMILES string of the molecule is CC.CC.CC.CCC(=CCC=C(C)C)CC.FC(F)F. The maximum absolute atomic E-state index is 9.67. The summed E-state index contributed by atoms with van der Waals surface area (Å²) >= 11 is 0. The van der Waals surface area contributed by atoms with E-state index in [0.29, 0.717) is 0 Å². The predicted octanol–water partition coefficient (Wildman–Crippen LogP) is 8.35. The highest BCUT2D eigenvalue weighted by molar-refractivity contribution is 5.06. The third-order valence-electron chi connectivity index (χ3n) is 1.84. The second-order valence-corrected chi connectivity index (χ2v) is 3.33. The summed E-state index contributed by atoms with van der Waals surface area (Å²) in [5, 5.41) is 0. The van der Waals surface area contributed by atoms with E-state index in [1.165, 1.54) is 18.4 Å². The lowest BCUT2D eigenvalue weighted by molar-refractivity contribution is 0.00819. The normalized spacial score (nSPS) is 7.33. The lowest BCUT2D eigenvalue weighted by atomic mass is 10.1. The van der Waals surface area contributed by atoms with Crippen molar-refractivity contribution in [2.24, 2.45) is 0 Å². The number of hydrogen-bond acceptors (Lipinski definition) is 0. The fraction of sp³-hybridized carbons (Fsp3) is 0.778. The largest absolute Gasteiger partial charge is 0.379 e. The molecule has 0 aliphatic carbocycles. The first-order valence-corrected chi connectivity index (χ1v) is 8.17. The Balaban J connectivity index is -0.0000000712. The summed E-state index contributed by atoms with van der Waals surface area (Å²) in [4.78, 5) is 0. The molecule has 0 unspecified atom stereocenters. The maximum Gasteiger partial charge on any atom is 0.379 e. The van der Waals surface area contributed by atoms with Crippen LogP contribution in [-0.2, 0) is 0 Å². The van der Waals surface area contributed by atoms with Crippen LogP contribution in [0.2, 0.25) is 0 Å². The van der Waals surface area contributed by atoms with Crippen LogP contribution >= 0.6 is 0 Å². The van der Waals surface area contributed by atoms with Gasteiger partial charge in [0.2, 0.25) is 0 Å². The lowest BCUT2D eigenvalue weighted by Crippen LogP contribution is -1.76. The summed E-state index contributed by atoms with van der Waals surface area (Å²) in [6.07, 6.45) is 8.12. The molecule has 0 aromatic heterocycles. The van der Waals surface area contributed by atoms with Gasteiger partial charge in [-0.3, -0.25) is 0 Å². The first-order valence-electron chi connectivity index (χ1n) is 8.17. The Kier molecular flexibility index (Phi) is 56.1. The second kappa shape index (κ2) is 36.5. The summed E-state index contributed by atoms with van der Waals surface area (Å²) in [6, 6.07) is 0. The Morgan fingerprint density at radius 3 is 1.24 bits per heavy atom. The van der Waals surface area contributed by atoms with Crippen LogP contribution in [-0.4, -0.2) is 6.68 Å². The summed E-state index contributed by atoms with van der Waals surface area (Å²) in [5.41, 5.74) is 2.98. The molecule has 0 nitrogen and oxygen atoms in total. The molecule has 0 aromatic carbocycles. The van der Waals surface area contributed by atoms with Crippen LogP contribution < -0.4 is 0 Å². The van der Waals surface area contributed by atoms with Crippen LogP contribution in [0.4, 0.5) is 13.2 Å². The molecule has 0 fully saturated rings. The van der Waals surface area contributed by atoms with Crippen molar-refractivity contribution in [3.05, 3.63) is 23.3 Å². The van der Waals surface area contributed by atoms with E-state index in [2.05, 4.69) is 39.8 Å². The predicted molar refractivity (Wildman–Crippen MR) is 93.9 cm³/mol. The third kappa shape index (κ3) is 66.9. The van der Waals surface area contributed by atoms with Gasteiger partial charge in [-0.15, -0.1) is 0 Å². The zero-order valence-corrected chi connectivity index (χ0v) is 16.0. The summed E-state index contributed by atoms with van der Waals surface area (Å²) in [5.74, 6) is 0. The van der Waals surface area contributed by atoms with Gasteiger partial charge < -0.3 is 0 Å². The molecular formula is C18H39F3. The molecule has 0 heterocycles. The molecule has 0 rings (SSSR count). The van der Waals surface area contributed by atoms with Crippen molar-refractivity contribution >= 4 is 0 Å². The monoisotopic (exact) mass is 312 g/mol. The van der Waals surface area contributed by atoms with Crippen LogP contribution in [0, 0.1) is 0 Å². The molecular weight excluding hydrogens is 273 g/mol. The van der Waals surface area contributed by atoms with Crippen molar-refractivity contribution in [2.45, 2.75) is 95.2 Å². The molecule has 0 atom stereocenters. The molecule has 3 heteroatoms. The van der Waals surface area contributed by atoms with Gasteiger partial charge in [0.15, 0.2) is 0 Å². The summed E-state index contributed by atoms with van der Waals surface area (Å²) in [7, 11) is 0. The quantitative estimate of drug-likeness (QED) is 0.457. The van der Waals surface area contributed by atoms with Gasteiger partial charge in [0.05, 0.1) is 0 Å². The molecule has 0 saturated carbocycles. The smallest absolute Gasteiger partial charge is 0.174 e. The highest BCUT2D eigenvalue weighted by Crippen LogP contribution is 2.07. The molecule has 21 heavy (non-hydrogen) atoms. The van der Waals surface area contributed by atoms with E-state index in [1.807, 2.05) is 41.5 Å². The standard InChI is InChI=1S/C11H20.3C2H6.CHF3/c1-5-11(6-2)9-7-8-10(3)4;3*1-2;2-1(3)4/h8-9H,5-7H2,1-4H3;3*1-2H3;1H. The molecule has 0 aromatic rings. The van der Waals surface area contributed by atoms with Gasteiger partial charge in [-0.05, 0) is 33.1 Å². The second-order valence-electron chi connectivity index (χ2n) is 3.33. The first kappa shape index (κ1) is 32.3. The minimum atomic E-state index is -3.67. The average molecular weight is 313 g/mol. The Morgan fingerprint density at radius 2 is 1.05 bits per heavy atom. The molecule has 0 aliphatic heterocycles. The van der Waals surface area contributed by atoms with Crippen LogP contribution in [0.1, 0.15) is 88.5 Å². The Morgan fingerprint density at radius 1 is 0.762 bits per heavy atom.